The minimum atomic E-state index is -0.0870. The zero-order valence-corrected chi connectivity index (χ0v) is 14.7. The van der Waals surface area contributed by atoms with Gasteiger partial charge in [-0.3, -0.25) is 9.79 Å². The Kier molecular flexibility index (Phi) is 6.37. The summed E-state index contributed by atoms with van der Waals surface area (Å²) in [7, 11) is 0. The first-order valence-corrected chi connectivity index (χ1v) is 8.86. The lowest BCUT2D eigenvalue weighted by atomic mass is 9.92. The van der Waals surface area contributed by atoms with Gasteiger partial charge in [-0.1, -0.05) is 31.3 Å². The van der Waals surface area contributed by atoms with Crippen molar-refractivity contribution in [2.24, 2.45) is 10.7 Å². The lowest BCUT2D eigenvalue weighted by Gasteiger charge is -2.20. The molecule has 2 rings (SSSR count). The number of hydrogen-bond acceptors (Lipinski definition) is 4. The van der Waals surface area contributed by atoms with E-state index >= 15 is 0 Å². The molecule has 0 aliphatic carbocycles. The number of nitrogens with zero attached hydrogens (tertiary/aromatic N) is 1. The number of aliphatic imine (C=N–C) groups is 1. The van der Waals surface area contributed by atoms with Gasteiger partial charge < -0.3 is 5.73 Å². The molecule has 0 fully saturated rings. The normalized spacial score (nSPS) is 16.7. The maximum absolute atomic E-state index is 11.6. The van der Waals surface area contributed by atoms with Crippen molar-refractivity contribution in [1.29, 1.82) is 0 Å². The topological polar surface area (TPSA) is 55.5 Å². The molecule has 1 aromatic rings. The van der Waals surface area contributed by atoms with E-state index in [9.17, 15) is 4.79 Å². The molecular weight excluding hydrogens is 304 g/mol. The van der Waals surface area contributed by atoms with Gasteiger partial charge in [0.1, 0.15) is 0 Å². The van der Waals surface area contributed by atoms with Crippen molar-refractivity contribution >= 4 is 28.9 Å². The van der Waals surface area contributed by atoms with Crippen LogP contribution < -0.4 is 5.73 Å². The first-order chi connectivity index (χ1) is 11.1. The molecule has 3 nitrogen and oxygen atoms in total. The fraction of sp³-hybridized carbons (Fsp3) is 0.368. The summed E-state index contributed by atoms with van der Waals surface area (Å²) in [5, 5.41) is 0. The second kappa shape index (κ2) is 8.27. The molecule has 0 spiro atoms. The quantitative estimate of drug-likeness (QED) is 0.734. The van der Waals surface area contributed by atoms with E-state index in [0.29, 0.717) is 5.92 Å². The maximum Gasteiger partial charge on any atom is 0.179 e. The van der Waals surface area contributed by atoms with Gasteiger partial charge in [0.2, 0.25) is 0 Å². The van der Waals surface area contributed by atoms with Gasteiger partial charge in [0.15, 0.2) is 5.78 Å². The van der Waals surface area contributed by atoms with Crippen molar-refractivity contribution in [3.63, 3.8) is 0 Å². The summed E-state index contributed by atoms with van der Waals surface area (Å²) in [6.07, 6.45) is 6.18. The average Bonchev–Trinajstić information content (AvgIpc) is 2.56. The molecule has 0 saturated heterocycles. The van der Waals surface area contributed by atoms with Gasteiger partial charge in [-0.15, -0.1) is 0 Å². The summed E-state index contributed by atoms with van der Waals surface area (Å²) in [6, 6.07) is 6.47. The number of thioether (sulfide) groups is 1. The highest BCUT2D eigenvalue weighted by Gasteiger charge is 2.18. The van der Waals surface area contributed by atoms with Crippen LogP contribution in [0.3, 0.4) is 0 Å². The number of nitrogens with two attached hydrogens (primary N) is 1. The van der Waals surface area contributed by atoms with Gasteiger partial charge in [0, 0.05) is 15.9 Å². The Morgan fingerprint density at radius 1 is 1.48 bits per heavy atom. The van der Waals surface area contributed by atoms with Crippen LogP contribution in [0.5, 0.6) is 0 Å². The largest absolute Gasteiger partial charge is 0.330 e. The fourth-order valence-corrected chi connectivity index (χ4v) is 3.70. The smallest absolute Gasteiger partial charge is 0.179 e. The molecule has 0 aromatic heterocycles. The zero-order valence-electron chi connectivity index (χ0n) is 13.8. The van der Waals surface area contributed by atoms with Crippen molar-refractivity contribution < 1.29 is 4.79 Å². The van der Waals surface area contributed by atoms with Crippen LogP contribution in [0.1, 0.15) is 44.6 Å². The van der Waals surface area contributed by atoms with Gasteiger partial charge in [-0.25, -0.2) is 0 Å². The fourth-order valence-electron chi connectivity index (χ4n) is 2.68. The lowest BCUT2D eigenvalue weighted by molar-refractivity contribution is -0.110. The minimum Gasteiger partial charge on any atom is -0.330 e. The van der Waals surface area contributed by atoms with Crippen LogP contribution in [0.15, 0.2) is 51.7 Å². The highest BCUT2D eigenvalue weighted by atomic mass is 32.2. The molecule has 1 heterocycles. The molecule has 1 atom stereocenters. The van der Waals surface area contributed by atoms with Crippen molar-refractivity contribution in [3.05, 3.63) is 47.4 Å². The molecule has 1 aliphatic rings. The molecule has 1 unspecified atom stereocenters. The Morgan fingerprint density at radius 2 is 2.26 bits per heavy atom. The number of allylic oxidation sites excluding steroid dienone is 3. The minimum absolute atomic E-state index is 0.0870. The van der Waals surface area contributed by atoms with Gasteiger partial charge in [-0.05, 0) is 62.4 Å². The highest BCUT2D eigenvalue weighted by molar-refractivity contribution is 8.04. The van der Waals surface area contributed by atoms with Gasteiger partial charge in [0.25, 0.3) is 0 Å². The summed E-state index contributed by atoms with van der Waals surface area (Å²) in [5.74, 6) is 0.440. The molecular formula is C19H24N2OS. The van der Waals surface area contributed by atoms with E-state index < -0.39 is 0 Å². The van der Waals surface area contributed by atoms with E-state index in [-0.39, 0.29) is 5.78 Å². The predicted octanol–water partition coefficient (Wildman–Crippen LogP) is 4.76. The molecule has 0 bridgehead atoms. The Hall–Kier alpha value is -1.65. The standard InChI is InChI=1S/C19H24N2OS/c1-4-14(7-6-10-20)15-8-9-17-19(11-15)23-18(13(3)21-17)12-16(22)5-2/h5,8-9,11-12,14H,2,4,6-7,10,20H2,1,3H3/b18-12+. The Balaban J connectivity index is 2.30. The third-order valence-electron chi connectivity index (χ3n) is 4.04. The number of ketones is 1. The Morgan fingerprint density at radius 3 is 2.91 bits per heavy atom. The van der Waals surface area contributed by atoms with Crippen LogP contribution in [0.25, 0.3) is 0 Å². The number of rotatable bonds is 7. The molecule has 0 radical (unpaired) electrons. The van der Waals surface area contributed by atoms with E-state index in [1.807, 2.05) is 6.92 Å². The summed E-state index contributed by atoms with van der Waals surface area (Å²) in [6.45, 7) is 8.40. The van der Waals surface area contributed by atoms with E-state index in [1.54, 1.807) is 17.8 Å². The van der Waals surface area contributed by atoms with Crippen molar-refractivity contribution in [3.8, 4) is 0 Å². The number of carbonyl (C=O) groups excluding carboxylic acids is 1. The Bertz CT molecular complexity index is 661. The first-order valence-electron chi connectivity index (χ1n) is 8.04. The summed E-state index contributed by atoms with van der Waals surface area (Å²) in [4.78, 5) is 18.2. The molecule has 1 aromatic carbocycles. The third-order valence-corrected chi connectivity index (χ3v) is 5.22. The van der Waals surface area contributed by atoms with Crippen LogP contribution in [0.2, 0.25) is 0 Å². The van der Waals surface area contributed by atoms with Crippen LogP contribution >= 0.6 is 11.8 Å². The molecule has 0 amide bonds. The number of carbonyl (C=O) groups is 1. The monoisotopic (exact) mass is 328 g/mol. The van der Waals surface area contributed by atoms with E-state index in [1.165, 1.54) is 11.6 Å². The number of fused-ring (bicyclic) bond motifs is 1. The zero-order chi connectivity index (χ0) is 16.8. The Labute approximate surface area is 142 Å². The molecule has 122 valence electrons. The summed E-state index contributed by atoms with van der Waals surface area (Å²) >= 11 is 1.61. The van der Waals surface area contributed by atoms with E-state index in [0.717, 1.165) is 47.0 Å². The van der Waals surface area contributed by atoms with Crippen LogP contribution in [0.4, 0.5) is 5.69 Å². The van der Waals surface area contributed by atoms with E-state index in [4.69, 9.17) is 5.73 Å². The van der Waals surface area contributed by atoms with Gasteiger partial charge in [0.05, 0.1) is 11.4 Å². The van der Waals surface area contributed by atoms with Crippen molar-refractivity contribution in [1.82, 2.24) is 0 Å². The van der Waals surface area contributed by atoms with Crippen LogP contribution in [-0.2, 0) is 4.79 Å². The molecule has 23 heavy (non-hydrogen) atoms. The highest BCUT2D eigenvalue weighted by Crippen LogP contribution is 2.42. The first kappa shape index (κ1) is 17.7. The molecule has 2 N–H and O–H groups in total. The second-order valence-corrected chi connectivity index (χ2v) is 6.76. The summed E-state index contributed by atoms with van der Waals surface area (Å²) < 4.78 is 0. The van der Waals surface area contributed by atoms with Crippen molar-refractivity contribution in [2.45, 2.75) is 43.9 Å². The summed E-state index contributed by atoms with van der Waals surface area (Å²) in [5.41, 5.74) is 8.83. The lowest BCUT2D eigenvalue weighted by Crippen LogP contribution is -2.05. The average molecular weight is 328 g/mol. The predicted molar refractivity (Wildman–Crippen MR) is 99.7 cm³/mol. The van der Waals surface area contributed by atoms with Gasteiger partial charge >= 0.3 is 0 Å². The molecule has 4 heteroatoms. The molecule has 0 saturated carbocycles. The molecule has 1 aliphatic heterocycles. The van der Waals surface area contributed by atoms with Crippen molar-refractivity contribution in [2.75, 3.05) is 6.54 Å². The second-order valence-electron chi connectivity index (χ2n) is 5.68. The number of benzene rings is 1. The maximum atomic E-state index is 11.6. The van der Waals surface area contributed by atoms with Gasteiger partial charge in [-0.2, -0.15) is 0 Å². The third kappa shape index (κ3) is 4.43. The SMILES string of the molecule is C=CC(=O)/C=C1/Sc2cc(C(CC)CCCN)ccc2N=C1C. The van der Waals surface area contributed by atoms with E-state index in [2.05, 4.69) is 36.7 Å². The van der Waals surface area contributed by atoms with Crippen LogP contribution in [0, 0.1) is 0 Å². The number of hydrogen-bond donors (Lipinski definition) is 1. The van der Waals surface area contributed by atoms with Crippen LogP contribution in [-0.4, -0.2) is 18.0 Å².